The molecule has 2 heterocycles. The molecule has 1 amide bonds. The second kappa shape index (κ2) is 6.36. The molecule has 0 saturated carbocycles. The molecule has 0 unspecified atom stereocenters. The van der Waals surface area contributed by atoms with Crippen molar-refractivity contribution in [3.8, 4) is 5.75 Å². The van der Waals surface area contributed by atoms with Crippen molar-refractivity contribution in [2.24, 2.45) is 0 Å². The van der Waals surface area contributed by atoms with Crippen molar-refractivity contribution in [2.75, 3.05) is 18.6 Å². The number of methoxy groups -OCH3 is 1. The van der Waals surface area contributed by atoms with Crippen LogP contribution in [-0.2, 0) is 4.79 Å². The summed E-state index contributed by atoms with van der Waals surface area (Å²) in [5.41, 5.74) is 3.16. The molecule has 0 aromatic heterocycles. The monoisotopic (exact) mass is 356 g/mol. The zero-order valence-corrected chi connectivity index (χ0v) is 15.2. The first-order valence-corrected chi connectivity index (χ1v) is 8.97. The molecule has 0 spiro atoms. The molecular weight excluding hydrogens is 336 g/mol. The number of benzene rings is 2. The van der Waals surface area contributed by atoms with Gasteiger partial charge in [0.15, 0.2) is 0 Å². The van der Waals surface area contributed by atoms with E-state index < -0.39 is 0 Å². The average molecular weight is 357 g/mol. The zero-order valence-electron chi connectivity index (χ0n) is 14.4. The molecule has 4 rings (SSSR count). The number of carbonyl (C=O) groups is 1. The van der Waals surface area contributed by atoms with Crippen LogP contribution in [0.2, 0.25) is 5.02 Å². The van der Waals surface area contributed by atoms with E-state index in [0.717, 1.165) is 30.6 Å². The lowest BCUT2D eigenvalue weighted by molar-refractivity contribution is -0.119. The summed E-state index contributed by atoms with van der Waals surface area (Å²) >= 11 is 6.31. The molecule has 2 aromatic rings. The Morgan fingerprint density at radius 1 is 1.16 bits per heavy atom. The van der Waals surface area contributed by atoms with Crippen LogP contribution in [0.4, 0.5) is 5.69 Å². The maximum Gasteiger partial charge on any atom is 0.246 e. The Kier molecular flexibility index (Phi) is 4.18. The normalized spacial score (nSPS) is 23.2. The van der Waals surface area contributed by atoms with E-state index in [4.69, 9.17) is 16.3 Å². The van der Waals surface area contributed by atoms with Crippen molar-refractivity contribution in [3.05, 3.63) is 58.6 Å². The summed E-state index contributed by atoms with van der Waals surface area (Å²) in [6.45, 7) is 3.01. The van der Waals surface area contributed by atoms with E-state index in [0.29, 0.717) is 10.8 Å². The minimum atomic E-state index is -0.0786. The van der Waals surface area contributed by atoms with E-state index in [1.165, 1.54) is 5.56 Å². The molecule has 2 fully saturated rings. The summed E-state index contributed by atoms with van der Waals surface area (Å²) in [5, 5.41) is 0.516. The van der Waals surface area contributed by atoms with Gasteiger partial charge in [0.1, 0.15) is 11.9 Å². The Labute approximate surface area is 152 Å². The number of hydrogen-bond donors (Lipinski definition) is 0. The van der Waals surface area contributed by atoms with Crippen LogP contribution in [0.5, 0.6) is 5.75 Å². The van der Waals surface area contributed by atoms with Crippen LogP contribution in [0.3, 0.4) is 0 Å². The summed E-state index contributed by atoms with van der Waals surface area (Å²) in [6, 6.07) is 13.9. The SMILES string of the molecule is COc1ccc(N2C(=O)[C@@H]3CCCN3[C@H]2c2ccc(C)cc2)cc1Cl. The van der Waals surface area contributed by atoms with Crippen LogP contribution in [-0.4, -0.2) is 30.5 Å². The summed E-state index contributed by atoms with van der Waals surface area (Å²) in [4.78, 5) is 17.3. The van der Waals surface area contributed by atoms with Gasteiger partial charge < -0.3 is 4.74 Å². The highest BCUT2D eigenvalue weighted by atomic mass is 35.5. The fourth-order valence-corrected chi connectivity index (χ4v) is 4.18. The van der Waals surface area contributed by atoms with Crippen LogP contribution in [0.1, 0.15) is 30.1 Å². The zero-order chi connectivity index (χ0) is 17.6. The van der Waals surface area contributed by atoms with Gasteiger partial charge in [0, 0.05) is 12.2 Å². The Hall–Kier alpha value is -2.04. The fourth-order valence-electron chi connectivity index (χ4n) is 3.93. The van der Waals surface area contributed by atoms with E-state index in [2.05, 4.69) is 36.1 Å². The molecule has 2 aromatic carbocycles. The molecule has 5 heteroatoms. The van der Waals surface area contributed by atoms with Gasteiger partial charge in [-0.15, -0.1) is 0 Å². The molecule has 0 bridgehead atoms. The highest BCUT2D eigenvalue weighted by molar-refractivity contribution is 6.32. The summed E-state index contributed by atoms with van der Waals surface area (Å²) in [6.07, 6.45) is 1.91. The lowest BCUT2D eigenvalue weighted by atomic mass is 10.1. The predicted octanol–water partition coefficient (Wildman–Crippen LogP) is 4.17. The van der Waals surface area contributed by atoms with E-state index in [1.54, 1.807) is 7.11 Å². The van der Waals surface area contributed by atoms with E-state index in [-0.39, 0.29) is 18.1 Å². The second-order valence-electron chi connectivity index (χ2n) is 6.71. The van der Waals surface area contributed by atoms with Crippen molar-refractivity contribution >= 4 is 23.2 Å². The molecule has 2 aliphatic heterocycles. The van der Waals surface area contributed by atoms with Gasteiger partial charge in [-0.05, 0) is 43.5 Å². The third kappa shape index (κ3) is 2.70. The Morgan fingerprint density at radius 3 is 2.60 bits per heavy atom. The largest absolute Gasteiger partial charge is 0.495 e. The van der Waals surface area contributed by atoms with Crippen molar-refractivity contribution in [1.29, 1.82) is 0 Å². The van der Waals surface area contributed by atoms with Gasteiger partial charge in [0.05, 0.1) is 18.2 Å². The molecule has 2 atom stereocenters. The summed E-state index contributed by atoms with van der Waals surface area (Å²) in [7, 11) is 1.59. The highest BCUT2D eigenvalue weighted by Gasteiger charge is 2.49. The molecule has 25 heavy (non-hydrogen) atoms. The Balaban J connectivity index is 1.79. The number of anilines is 1. The number of rotatable bonds is 3. The molecule has 2 aliphatic rings. The number of carbonyl (C=O) groups excluding carboxylic acids is 1. The second-order valence-corrected chi connectivity index (χ2v) is 7.11. The fraction of sp³-hybridized carbons (Fsp3) is 0.350. The standard InChI is InChI=1S/C20H21ClN2O2/c1-13-5-7-14(8-6-13)19-22-11-3-4-17(22)20(24)23(19)15-9-10-18(25-2)16(21)12-15/h5-10,12,17,19H,3-4,11H2,1-2H3/t17-,19+/m0/s1. The molecular formula is C20H21ClN2O2. The number of amides is 1. The minimum absolute atomic E-state index is 0.0350. The summed E-state index contributed by atoms with van der Waals surface area (Å²) < 4.78 is 5.24. The van der Waals surface area contributed by atoms with Crippen LogP contribution < -0.4 is 9.64 Å². The number of fused-ring (bicyclic) bond motifs is 1. The number of nitrogens with zero attached hydrogens (tertiary/aromatic N) is 2. The van der Waals surface area contributed by atoms with Gasteiger partial charge in [0.25, 0.3) is 0 Å². The molecule has 4 nitrogen and oxygen atoms in total. The number of hydrogen-bond acceptors (Lipinski definition) is 3. The molecule has 0 radical (unpaired) electrons. The quantitative estimate of drug-likeness (QED) is 0.827. The molecule has 130 valence electrons. The van der Waals surface area contributed by atoms with Gasteiger partial charge in [0.2, 0.25) is 5.91 Å². The van der Waals surface area contributed by atoms with E-state index in [1.807, 2.05) is 23.1 Å². The molecule has 0 aliphatic carbocycles. The lowest BCUT2D eigenvalue weighted by Gasteiger charge is -2.30. The predicted molar refractivity (Wildman–Crippen MR) is 99.1 cm³/mol. The molecule has 0 N–H and O–H groups in total. The third-order valence-electron chi connectivity index (χ3n) is 5.16. The first-order chi connectivity index (χ1) is 12.1. The topological polar surface area (TPSA) is 32.8 Å². The first-order valence-electron chi connectivity index (χ1n) is 8.59. The third-order valence-corrected chi connectivity index (χ3v) is 5.46. The first kappa shape index (κ1) is 16.4. The van der Waals surface area contributed by atoms with Gasteiger partial charge in [-0.2, -0.15) is 0 Å². The van der Waals surface area contributed by atoms with Crippen LogP contribution in [0.25, 0.3) is 0 Å². The smallest absolute Gasteiger partial charge is 0.246 e. The maximum absolute atomic E-state index is 13.1. The number of ether oxygens (including phenoxy) is 1. The lowest BCUT2D eigenvalue weighted by Crippen LogP contribution is -2.32. The van der Waals surface area contributed by atoms with Gasteiger partial charge in [-0.1, -0.05) is 41.4 Å². The Bertz CT molecular complexity index is 806. The van der Waals surface area contributed by atoms with Gasteiger partial charge >= 0.3 is 0 Å². The van der Waals surface area contributed by atoms with Gasteiger partial charge in [-0.25, -0.2) is 0 Å². The highest BCUT2D eigenvalue weighted by Crippen LogP contribution is 2.43. The summed E-state index contributed by atoms with van der Waals surface area (Å²) in [5.74, 6) is 0.772. The van der Waals surface area contributed by atoms with Crippen molar-refractivity contribution in [3.63, 3.8) is 0 Å². The van der Waals surface area contributed by atoms with Crippen molar-refractivity contribution < 1.29 is 9.53 Å². The number of aryl methyl sites for hydroxylation is 1. The molecule has 2 saturated heterocycles. The Morgan fingerprint density at radius 2 is 1.92 bits per heavy atom. The van der Waals surface area contributed by atoms with Crippen LogP contribution in [0.15, 0.2) is 42.5 Å². The van der Waals surface area contributed by atoms with E-state index in [9.17, 15) is 4.79 Å². The van der Waals surface area contributed by atoms with Crippen molar-refractivity contribution in [2.45, 2.75) is 32.0 Å². The minimum Gasteiger partial charge on any atom is -0.495 e. The van der Waals surface area contributed by atoms with Crippen LogP contribution >= 0.6 is 11.6 Å². The number of halogens is 1. The van der Waals surface area contributed by atoms with Crippen molar-refractivity contribution in [1.82, 2.24) is 4.90 Å². The van der Waals surface area contributed by atoms with E-state index >= 15 is 0 Å². The maximum atomic E-state index is 13.1. The average Bonchev–Trinajstić information content (AvgIpc) is 3.18. The van der Waals surface area contributed by atoms with Crippen LogP contribution in [0, 0.1) is 6.92 Å². The van der Waals surface area contributed by atoms with Gasteiger partial charge in [-0.3, -0.25) is 14.6 Å².